The number of hydrogen-bond acceptors (Lipinski definition) is 5. The van der Waals surface area contributed by atoms with Crippen molar-refractivity contribution in [2.75, 3.05) is 7.05 Å². The van der Waals surface area contributed by atoms with Crippen molar-refractivity contribution in [1.82, 2.24) is 13.9 Å². The molecule has 0 amide bonds. The standard InChI is InChI=1S/C6H10N4S/c1-5-7-4-10-6(8-5)3-9(2)11-10/h3-5,8H,1-2H3. The number of fused-ring (bicyclic) bond motifs is 1. The second-order valence-electron chi connectivity index (χ2n) is 2.55. The maximum Gasteiger partial charge on any atom is 0.137 e. The predicted octanol–water partition coefficient (Wildman–Crippen LogP) is 0.573. The summed E-state index contributed by atoms with van der Waals surface area (Å²) >= 11 is 1.61. The number of aliphatic imine (C=N–C) groups is 1. The van der Waals surface area contributed by atoms with Crippen LogP contribution < -0.4 is 5.32 Å². The van der Waals surface area contributed by atoms with Gasteiger partial charge in [-0.25, -0.2) is 9.30 Å². The van der Waals surface area contributed by atoms with E-state index in [9.17, 15) is 0 Å². The molecule has 5 heteroatoms. The first kappa shape index (κ1) is 6.84. The molecule has 0 aromatic rings. The first-order chi connectivity index (χ1) is 5.25. The van der Waals surface area contributed by atoms with Crippen LogP contribution in [0.4, 0.5) is 0 Å². The van der Waals surface area contributed by atoms with Crippen LogP contribution in [0, 0.1) is 0 Å². The quantitative estimate of drug-likeness (QED) is 0.539. The SMILES string of the molecule is CC1N=CN2SN(C)C=C2N1. The molecule has 0 aliphatic carbocycles. The lowest BCUT2D eigenvalue weighted by Gasteiger charge is -2.23. The van der Waals surface area contributed by atoms with Gasteiger partial charge in [-0.15, -0.1) is 0 Å². The molecule has 0 saturated heterocycles. The van der Waals surface area contributed by atoms with Gasteiger partial charge in [0.2, 0.25) is 0 Å². The monoisotopic (exact) mass is 170 g/mol. The topological polar surface area (TPSA) is 30.9 Å². The van der Waals surface area contributed by atoms with Crippen molar-refractivity contribution in [3.05, 3.63) is 12.0 Å². The van der Waals surface area contributed by atoms with Crippen molar-refractivity contribution in [3.63, 3.8) is 0 Å². The lowest BCUT2D eigenvalue weighted by molar-refractivity contribution is 0.551. The molecule has 0 aromatic heterocycles. The molecule has 0 fully saturated rings. The Morgan fingerprint density at radius 2 is 2.55 bits per heavy atom. The third kappa shape index (κ3) is 1.16. The Balaban J connectivity index is 2.20. The third-order valence-electron chi connectivity index (χ3n) is 1.51. The lowest BCUT2D eigenvalue weighted by atomic mass is 10.5. The summed E-state index contributed by atoms with van der Waals surface area (Å²) in [4.78, 5) is 4.21. The normalized spacial score (nSPS) is 28.2. The molecule has 1 N–H and O–H groups in total. The van der Waals surface area contributed by atoms with E-state index in [0.29, 0.717) is 0 Å². The first-order valence-corrected chi connectivity index (χ1v) is 4.20. The largest absolute Gasteiger partial charge is 0.348 e. The molecular weight excluding hydrogens is 160 g/mol. The van der Waals surface area contributed by atoms with Gasteiger partial charge in [-0.05, 0) is 6.92 Å². The summed E-state index contributed by atoms with van der Waals surface area (Å²) in [5.74, 6) is 1.11. The molecule has 2 aliphatic heterocycles. The zero-order valence-electron chi connectivity index (χ0n) is 6.48. The Kier molecular flexibility index (Phi) is 1.45. The van der Waals surface area contributed by atoms with Crippen LogP contribution in [0.3, 0.4) is 0 Å². The molecule has 1 atom stereocenters. The number of hydrogen-bond donors (Lipinski definition) is 1. The summed E-state index contributed by atoms with van der Waals surface area (Å²) in [6, 6.07) is 0. The Morgan fingerprint density at radius 3 is 3.36 bits per heavy atom. The molecule has 0 bridgehead atoms. The van der Waals surface area contributed by atoms with Gasteiger partial charge < -0.3 is 9.62 Å². The van der Waals surface area contributed by atoms with E-state index < -0.39 is 0 Å². The second-order valence-corrected chi connectivity index (χ2v) is 3.69. The van der Waals surface area contributed by atoms with Gasteiger partial charge >= 0.3 is 0 Å². The molecule has 0 saturated carbocycles. The average molecular weight is 170 g/mol. The van der Waals surface area contributed by atoms with E-state index in [4.69, 9.17) is 0 Å². The number of nitrogens with zero attached hydrogens (tertiary/aromatic N) is 3. The highest BCUT2D eigenvalue weighted by atomic mass is 32.2. The van der Waals surface area contributed by atoms with Crippen molar-refractivity contribution in [1.29, 1.82) is 0 Å². The zero-order valence-corrected chi connectivity index (χ0v) is 7.30. The summed E-state index contributed by atoms with van der Waals surface area (Å²) in [6.07, 6.45) is 4.10. The Morgan fingerprint density at radius 1 is 1.73 bits per heavy atom. The van der Waals surface area contributed by atoms with Gasteiger partial charge in [0.1, 0.15) is 18.3 Å². The van der Waals surface area contributed by atoms with Crippen molar-refractivity contribution in [3.8, 4) is 0 Å². The summed E-state index contributed by atoms with van der Waals surface area (Å²) in [5, 5.41) is 3.24. The van der Waals surface area contributed by atoms with E-state index in [1.807, 2.05) is 35.1 Å². The van der Waals surface area contributed by atoms with Gasteiger partial charge in [0, 0.05) is 7.05 Å². The van der Waals surface area contributed by atoms with Crippen LogP contribution in [0.15, 0.2) is 17.0 Å². The summed E-state index contributed by atoms with van der Waals surface area (Å²) in [7, 11) is 2.01. The van der Waals surface area contributed by atoms with Gasteiger partial charge in [0.25, 0.3) is 0 Å². The molecule has 2 rings (SSSR count). The van der Waals surface area contributed by atoms with E-state index >= 15 is 0 Å². The van der Waals surface area contributed by atoms with Crippen molar-refractivity contribution in [2.45, 2.75) is 13.1 Å². The molecule has 1 unspecified atom stereocenters. The van der Waals surface area contributed by atoms with Crippen LogP contribution in [0.2, 0.25) is 0 Å². The molecule has 0 radical (unpaired) electrons. The first-order valence-electron chi connectivity index (χ1n) is 3.47. The zero-order chi connectivity index (χ0) is 7.84. The van der Waals surface area contributed by atoms with Crippen molar-refractivity contribution < 1.29 is 0 Å². The maximum atomic E-state index is 4.21. The average Bonchev–Trinajstić information content (AvgIpc) is 2.27. The van der Waals surface area contributed by atoms with Crippen LogP contribution >= 0.6 is 12.1 Å². The fourth-order valence-electron chi connectivity index (χ4n) is 1.03. The van der Waals surface area contributed by atoms with Crippen LogP contribution in [0.1, 0.15) is 6.92 Å². The lowest BCUT2D eigenvalue weighted by Crippen LogP contribution is -2.34. The van der Waals surface area contributed by atoms with E-state index in [1.165, 1.54) is 0 Å². The highest BCUT2D eigenvalue weighted by Crippen LogP contribution is 2.27. The van der Waals surface area contributed by atoms with Gasteiger partial charge in [-0.1, -0.05) is 0 Å². The smallest absolute Gasteiger partial charge is 0.137 e. The van der Waals surface area contributed by atoms with Crippen LogP contribution in [-0.4, -0.2) is 28.2 Å². The van der Waals surface area contributed by atoms with Gasteiger partial charge in [0.05, 0.1) is 18.3 Å². The summed E-state index contributed by atoms with van der Waals surface area (Å²) in [5.41, 5.74) is 0. The van der Waals surface area contributed by atoms with Gasteiger partial charge in [-0.2, -0.15) is 0 Å². The minimum atomic E-state index is 0.199. The highest BCUT2D eigenvalue weighted by molar-refractivity contribution is 7.95. The van der Waals surface area contributed by atoms with E-state index in [2.05, 4.69) is 10.3 Å². The highest BCUT2D eigenvalue weighted by Gasteiger charge is 2.22. The Bertz CT molecular complexity index is 225. The minimum absolute atomic E-state index is 0.199. The van der Waals surface area contributed by atoms with Crippen molar-refractivity contribution in [2.24, 2.45) is 4.99 Å². The third-order valence-corrected chi connectivity index (χ3v) is 2.34. The van der Waals surface area contributed by atoms with Gasteiger partial charge in [0.15, 0.2) is 0 Å². The Hall–Kier alpha value is -0.840. The van der Waals surface area contributed by atoms with E-state index in [1.54, 1.807) is 12.1 Å². The summed E-state index contributed by atoms with van der Waals surface area (Å²) < 4.78 is 4.03. The molecule has 2 heterocycles. The fraction of sp³-hybridized carbons (Fsp3) is 0.500. The van der Waals surface area contributed by atoms with E-state index in [0.717, 1.165) is 5.82 Å². The maximum absolute atomic E-state index is 4.21. The molecule has 4 nitrogen and oxygen atoms in total. The molecule has 60 valence electrons. The fourth-order valence-corrected chi connectivity index (χ4v) is 1.74. The molecule has 11 heavy (non-hydrogen) atoms. The summed E-state index contributed by atoms with van der Waals surface area (Å²) in [6.45, 7) is 2.03. The van der Waals surface area contributed by atoms with Gasteiger partial charge in [-0.3, -0.25) is 0 Å². The minimum Gasteiger partial charge on any atom is -0.348 e. The molecular formula is C6H10N4S. The molecule has 2 aliphatic rings. The number of rotatable bonds is 0. The second kappa shape index (κ2) is 2.34. The van der Waals surface area contributed by atoms with Crippen molar-refractivity contribution >= 4 is 18.5 Å². The van der Waals surface area contributed by atoms with Crippen LogP contribution in [0.25, 0.3) is 0 Å². The van der Waals surface area contributed by atoms with E-state index in [-0.39, 0.29) is 6.17 Å². The van der Waals surface area contributed by atoms with Crippen LogP contribution in [0.5, 0.6) is 0 Å². The number of nitrogens with one attached hydrogen (secondary N) is 1. The Labute approximate surface area is 70.2 Å². The molecule has 0 aromatic carbocycles. The van der Waals surface area contributed by atoms with Crippen LogP contribution in [-0.2, 0) is 0 Å². The predicted molar refractivity (Wildman–Crippen MR) is 46.4 cm³/mol. The molecule has 0 spiro atoms.